The Labute approximate surface area is 295 Å². The number of halogens is 1. The van der Waals surface area contributed by atoms with Gasteiger partial charge in [-0.3, -0.25) is 4.79 Å². The van der Waals surface area contributed by atoms with Gasteiger partial charge in [0.2, 0.25) is 10.0 Å². The molecule has 0 unspecified atom stereocenters. The Balaban J connectivity index is 1.27. The van der Waals surface area contributed by atoms with Gasteiger partial charge in [0.15, 0.2) is 6.29 Å². The zero-order chi connectivity index (χ0) is 34.6. The zero-order valence-electron chi connectivity index (χ0n) is 28.5. The zero-order valence-corrected chi connectivity index (χ0v) is 30.1. The molecule has 1 spiro atoms. The summed E-state index contributed by atoms with van der Waals surface area (Å²) in [7, 11) is -3.94. The van der Waals surface area contributed by atoms with Crippen LogP contribution in [0.5, 0.6) is 5.75 Å². The number of ether oxygens (including phenoxy) is 3. The standard InChI is InChI=1S/C37H50ClN3O7S/c1-23-5-3-7-30(35-47-21-37(39,19-42)22-48-35)29-11-8-27(29)17-41-18-36(14-4-6-25-15-28(38)10-12-31(25)36)20-46-33-13-9-26(16-32(33)41)34(43)40-49(44,45)24(23)2/h9-10,12-13,15-16,23-24,27,29-30,35,42H,3-8,11,14,17-22,39H2,1-2H3,(H,40,43)/t23-,24+,27-,29+,30+,35?,36-,37?/m0/s1. The van der Waals surface area contributed by atoms with Gasteiger partial charge in [0.1, 0.15) is 5.75 Å². The third kappa shape index (κ3) is 6.83. The van der Waals surface area contributed by atoms with E-state index >= 15 is 0 Å². The van der Waals surface area contributed by atoms with Crippen LogP contribution in [0.3, 0.4) is 0 Å². The van der Waals surface area contributed by atoms with E-state index < -0.39 is 33.0 Å². The minimum atomic E-state index is -3.94. The Morgan fingerprint density at radius 2 is 1.82 bits per heavy atom. The molecule has 1 saturated carbocycles. The van der Waals surface area contributed by atoms with E-state index in [4.69, 9.17) is 31.5 Å². The van der Waals surface area contributed by atoms with E-state index in [2.05, 4.69) is 21.8 Å². The highest BCUT2D eigenvalue weighted by Crippen LogP contribution is 2.49. The van der Waals surface area contributed by atoms with Gasteiger partial charge >= 0.3 is 0 Å². The Kier molecular flexibility index (Phi) is 9.73. The maximum Gasteiger partial charge on any atom is 0.264 e. The second-order valence-electron chi connectivity index (χ2n) is 15.6. The number of aliphatic hydroxyl groups excluding tert-OH is 1. The molecule has 7 rings (SSSR count). The second kappa shape index (κ2) is 13.6. The van der Waals surface area contributed by atoms with Crippen molar-refractivity contribution in [2.75, 3.05) is 44.4 Å². The molecule has 10 nitrogen and oxygen atoms in total. The third-order valence-corrected chi connectivity index (χ3v) is 14.4. The fourth-order valence-electron chi connectivity index (χ4n) is 8.90. The molecule has 5 aliphatic rings. The lowest BCUT2D eigenvalue weighted by Gasteiger charge is -2.49. The van der Waals surface area contributed by atoms with Crippen LogP contribution >= 0.6 is 11.6 Å². The number of rotatable bonds is 2. The first-order chi connectivity index (χ1) is 23.4. The van der Waals surface area contributed by atoms with Crippen molar-refractivity contribution in [1.29, 1.82) is 0 Å². The quantitative estimate of drug-likeness (QED) is 0.401. The molecule has 1 amide bonds. The van der Waals surface area contributed by atoms with E-state index in [1.807, 2.05) is 19.1 Å². The van der Waals surface area contributed by atoms with Crippen molar-refractivity contribution in [2.24, 2.45) is 29.4 Å². The number of aliphatic hydroxyl groups is 1. The van der Waals surface area contributed by atoms with Crippen molar-refractivity contribution in [3.8, 4) is 5.75 Å². The van der Waals surface area contributed by atoms with Crippen LogP contribution in [0.1, 0.15) is 80.3 Å². The van der Waals surface area contributed by atoms with Crippen molar-refractivity contribution in [3.63, 3.8) is 0 Å². The monoisotopic (exact) mass is 715 g/mol. The van der Waals surface area contributed by atoms with Gasteiger partial charge in [-0.1, -0.05) is 31.0 Å². The summed E-state index contributed by atoms with van der Waals surface area (Å²) >= 11 is 6.45. The number of nitrogens with two attached hydrogens (primary N) is 1. The number of benzene rings is 2. The van der Waals surface area contributed by atoms with Gasteiger partial charge in [0.25, 0.3) is 5.91 Å². The van der Waals surface area contributed by atoms with Gasteiger partial charge in [-0.2, -0.15) is 0 Å². The average Bonchev–Trinajstić information content (AvgIpc) is 3.22. The minimum Gasteiger partial charge on any atom is -0.490 e. The summed E-state index contributed by atoms with van der Waals surface area (Å²) in [6, 6.07) is 11.5. The van der Waals surface area contributed by atoms with Gasteiger partial charge in [-0.25, -0.2) is 13.1 Å². The van der Waals surface area contributed by atoms with Crippen molar-refractivity contribution in [2.45, 2.75) is 87.7 Å². The van der Waals surface area contributed by atoms with Crippen LogP contribution in [0.4, 0.5) is 5.69 Å². The van der Waals surface area contributed by atoms with Crippen molar-refractivity contribution in [1.82, 2.24) is 4.72 Å². The number of hydrogen-bond donors (Lipinski definition) is 3. The van der Waals surface area contributed by atoms with E-state index in [0.29, 0.717) is 37.2 Å². The molecular formula is C37H50ClN3O7S. The molecule has 49 heavy (non-hydrogen) atoms. The number of sulfonamides is 1. The molecule has 0 aromatic heterocycles. The van der Waals surface area contributed by atoms with Gasteiger partial charge < -0.3 is 30.0 Å². The fraction of sp³-hybridized carbons (Fsp3) is 0.649. The number of carbonyl (C=O) groups is 1. The number of fused-ring (bicyclic) bond motifs is 4. The molecule has 268 valence electrons. The molecule has 2 aromatic rings. The number of carbonyl (C=O) groups excluding carboxylic acids is 1. The number of aryl methyl sites for hydroxylation is 1. The van der Waals surface area contributed by atoms with Gasteiger partial charge in [0.05, 0.1) is 42.9 Å². The first kappa shape index (κ1) is 35.0. The highest BCUT2D eigenvalue weighted by molar-refractivity contribution is 7.90. The predicted molar refractivity (Wildman–Crippen MR) is 188 cm³/mol. The van der Waals surface area contributed by atoms with Crippen LogP contribution < -0.4 is 20.1 Å². The highest BCUT2D eigenvalue weighted by Gasteiger charge is 2.47. The first-order valence-electron chi connectivity index (χ1n) is 17.9. The maximum atomic E-state index is 13.5. The minimum absolute atomic E-state index is 0.0919. The van der Waals surface area contributed by atoms with Gasteiger partial charge in [-0.05, 0) is 111 Å². The van der Waals surface area contributed by atoms with Crippen molar-refractivity contribution in [3.05, 3.63) is 58.1 Å². The van der Waals surface area contributed by atoms with Gasteiger partial charge in [-0.15, -0.1) is 0 Å². The van der Waals surface area contributed by atoms with Crippen molar-refractivity contribution < 1.29 is 32.5 Å². The summed E-state index contributed by atoms with van der Waals surface area (Å²) in [5.74, 6) is 0.650. The lowest BCUT2D eigenvalue weighted by atomic mass is 9.64. The molecule has 4 N–H and O–H groups in total. The summed E-state index contributed by atoms with van der Waals surface area (Å²) in [6.45, 7) is 5.78. The van der Waals surface area contributed by atoms with E-state index in [1.54, 1.807) is 19.1 Å². The molecule has 6 atom stereocenters. The van der Waals surface area contributed by atoms with Crippen LogP contribution in [0.25, 0.3) is 0 Å². The van der Waals surface area contributed by atoms with Gasteiger partial charge in [0, 0.05) is 35.0 Å². The number of amides is 1. The topological polar surface area (TPSA) is 140 Å². The van der Waals surface area contributed by atoms with Crippen LogP contribution in [-0.4, -0.2) is 76.0 Å². The number of nitrogens with one attached hydrogen (secondary N) is 1. The molecule has 3 heterocycles. The lowest BCUT2D eigenvalue weighted by molar-refractivity contribution is -0.249. The lowest BCUT2D eigenvalue weighted by Crippen LogP contribution is -2.59. The van der Waals surface area contributed by atoms with Crippen LogP contribution in [0.15, 0.2) is 36.4 Å². The highest BCUT2D eigenvalue weighted by atomic mass is 35.5. The third-order valence-electron chi connectivity index (χ3n) is 12.2. The van der Waals surface area contributed by atoms with Crippen LogP contribution in [-0.2, 0) is 31.3 Å². The Bertz CT molecular complexity index is 1660. The predicted octanol–water partition coefficient (Wildman–Crippen LogP) is 4.79. The molecule has 3 aliphatic heterocycles. The molecule has 2 aromatic carbocycles. The van der Waals surface area contributed by atoms with E-state index in [0.717, 1.165) is 62.2 Å². The Morgan fingerprint density at radius 1 is 1.02 bits per heavy atom. The van der Waals surface area contributed by atoms with Crippen LogP contribution in [0, 0.1) is 23.7 Å². The number of anilines is 1. The summed E-state index contributed by atoms with van der Waals surface area (Å²) in [5.41, 5.74) is 8.70. The van der Waals surface area contributed by atoms with E-state index in [1.165, 1.54) is 11.1 Å². The second-order valence-corrected chi connectivity index (χ2v) is 18.0. The van der Waals surface area contributed by atoms with E-state index in [-0.39, 0.29) is 42.6 Å². The number of hydrogen-bond acceptors (Lipinski definition) is 9. The fourth-order valence-corrected chi connectivity index (χ4v) is 10.4. The van der Waals surface area contributed by atoms with E-state index in [9.17, 15) is 18.3 Å². The summed E-state index contributed by atoms with van der Waals surface area (Å²) < 4.78 is 48.5. The summed E-state index contributed by atoms with van der Waals surface area (Å²) in [5, 5.41) is 9.80. The molecule has 1 saturated heterocycles. The average molecular weight is 716 g/mol. The molecule has 2 bridgehead atoms. The van der Waals surface area contributed by atoms with Crippen LogP contribution in [0.2, 0.25) is 5.02 Å². The molecule has 2 aliphatic carbocycles. The summed E-state index contributed by atoms with van der Waals surface area (Å²) in [6.07, 6.45) is 6.89. The maximum absolute atomic E-state index is 13.5. The number of nitrogens with zero attached hydrogens (tertiary/aromatic N) is 1. The summed E-state index contributed by atoms with van der Waals surface area (Å²) in [4.78, 5) is 15.9. The van der Waals surface area contributed by atoms with Crippen molar-refractivity contribution >= 4 is 33.2 Å². The molecule has 12 heteroatoms. The molecule has 0 radical (unpaired) electrons. The molecular weight excluding hydrogens is 666 g/mol. The first-order valence-corrected chi connectivity index (χ1v) is 19.8. The normalized spacial score (nSPS) is 36.3. The largest absolute Gasteiger partial charge is 0.490 e. The Morgan fingerprint density at radius 3 is 2.55 bits per heavy atom. The Hall–Kier alpha value is -2.41. The smallest absolute Gasteiger partial charge is 0.264 e. The molecule has 2 fully saturated rings. The SMILES string of the molecule is C[C@@H]1[C@@H](C)CCC[C@@H](C2OCC(N)(CO)CO2)[C@@H]2CC[C@H]2CN2C[C@@]3(CCCc4cc(Cl)ccc43)COc3ccc(cc32)C(=O)NS1(=O)=O.